The predicted molar refractivity (Wildman–Crippen MR) is 109 cm³/mol. The molecule has 0 radical (unpaired) electrons. The third-order valence-corrected chi connectivity index (χ3v) is 5.24. The zero-order valence-corrected chi connectivity index (χ0v) is 16.2. The fourth-order valence-corrected chi connectivity index (χ4v) is 3.79. The van der Waals surface area contributed by atoms with Crippen molar-refractivity contribution in [2.24, 2.45) is 5.92 Å². The van der Waals surface area contributed by atoms with Gasteiger partial charge in [0, 0.05) is 24.3 Å². The van der Waals surface area contributed by atoms with Gasteiger partial charge in [-0.3, -0.25) is 14.9 Å². The Morgan fingerprint density at radius 3 is 2.66 bits per heavy atom. The average molecular weight is 395 g/mol. The molecule has 29 heavy (non-hydrogen) atoms. The summed E-state index contributed by atoms with van der Waals surface area (Å²) in [6.07, 6.45) is 2.19. The minimum absolute atomic E-state index is 0.0425. The zero-order valence-electron chi connectivity index (χ0n) is 16.2. The molecule has 1 atom stereocenters. The highest BCUT2D eigenvalue weighted by atomic mass is 16.6. The fraction of sp³-hybridized carbons (Fsp3) is 0.350. The first-order valence-electron chi connectivity index (χ1n) is 9.50. The van der Waals surface area contributed by atoms with E-state index >= 15 is 0 Å². The lowest BCUT2D eigenvalue weighted by Crippen LogP contribution is -2.34. The number of nitro groups is 1. The van der Waals surface area contributed by atoms with E-state index < -0.39 is 4.92 Å². The molecule has 1 fully saturated rings. The van der Waals surface area contributed by atoms with Crippen molar-refractivity contribution in [3.63, 3.8) is 0 Å². The van der Waals surface area contributed by atoms with Crippen molar-refractivity contribution in [2.75, 3.05) is 23.3 Å². The maximum absolute atomic E-state index is 11.8. The molecule has 4 rings (SSSR count). The second-order valence-electron chi connectivity index (χ2n) is 7.46. The van der Waals surface area contributed by atoms with E-state index in [1.165, 1.54) is 6.92 Å². The van der Waals surface area contributed by atoms with Gasteiger partial charge in [0.1, 0.15) is 5.69 Å². The summed E-state index contributed by atoms with van der Waals surface area (Å²) in [5.41, 5.74) is 2.60. The number of Topliss-reactive ketones (excluding diaryl/α,β-unsaturated/α-hetero) is 1. The van der Waals surface area contributed by atoms with Crippen molar-refractivity contribution < 1.29 is 14.3 Å². The number of rotatable bonds is 5. The van der Waals surface area contributed by atoms with E-state index in [1.54, 1.807) is 30.3 Å². The molecule has 0 bridgehead atoms. The number of carbonyl (C=O) groups is 1. The van der Waals surface area contributed by atoms with E-state index in [-0.39, 0.29) is 17.0 Å². The molecule has 1 N–H and O–H groups in total. The average Bonchev–Trinajstić information content (AvgIpc) is 3.16. The minimum atomic E-state index is -0.485. The van der Waals surface area contributed by atoms with Gasteiger partial charge in [0.15, 0.2) is 11.3 Å². The van der Waals surface area contributed by atoms with Crippen LogP contribution in [0.1, 0.15) is 37.0 Å². The molecular formula is C20H21N5O4. The molecule has 0 amide bonds. The van der Waals surface area contributed by atoms with Gasteiger partial charge >= 0.3 is 5.69 Å². The van der Waals surface area contributed by atoms with E-state index in [1.807, 2.05) is 0 Å². The number of fused-ring (bicyclic) bond motifs is 1. The third kappa shape index (κ3) is 3.63. The van der Waals surface area contributed by atoms with Crippen LogP contribution in [-0.4, -0.2) is 34.1 Å². The number of aromatic nitrogens is 2. The molecule has 0 saturated carbocycles. The van der Waals surface area contributed by atoms with Gasteiger partial charge in [-0.1, -0.05) is 6.92 Å². The summed E-state index contributed by atoms with van der Waals surface area (Å²) in [5.74, 6) is 0.475. The first-order valence-corrected chi connectivity index (χ1v) is 9.50. The van der Waals surface area contributed by atoms with Crippen molar-refractivity contribution in [2.45, 2.75) is 26.7 Å². The SMILES string of the molecule is CC(=O)c1ccc(Nc2cc(N3CCC[C@@H](C)C3)c3nonc3c2[N+](=O)[O-])cc1. The van der Waals surface area contributed by atoms with Gasteiger partial charge in [0.05, 0.1) is 10.6 Å². The van der Waals surface area contributed by atoms with E-state index in [0.717, 1.165) is 31.6 Å². The maximum Gasteiger partial charge on any atom is 0.324 e. The van der Waals surface area contributed by atoms with Crippen LogP contribution in [0.15, 0.2) is 35.0 Å². The number of ketones is 1. The van der Waals surface area contributed by atoms with E-state index in [2.05, 4.69) is 27.5 Å². The number of piperidine rings is 1. The van der Waals surface area contributed by atoms with Crippen LogP contribution in [0.4, 0.5) is 22.7 Å². The first kappa shape index (κ1) is 18.9. The smallest absolute Gasteiger partial charge is 0.324 e. The maximum atomic E-state index is 11.8. The zero-order chi connectivity index (χ0) is 20.5. The molecule has 2 heterocycles. The summed E-state index contributed by atoms with van der Waals surface area (Å²) >= 11 is 0. The molecule has 150 valence electrons. The van der Waals surface area contributed by atoms with Crippen molar-refractivity contribution in [1.29, 1.82) is 0 Å². The standard InChI is InChI=1S/C20H21N5O4/c1-12-4-3-9-24(11-12)17-10-16(20(25(27)28)19-18(17)22-29-23-19)21-15-7-5-14(6-8-15)13(2)26/h5-8,10,12,21H,3-4,9,11H2,1-2H3/t12-/m1/s1. The van der Waals surface area contributed by atoms with Crippen LogP contribution < -0.4 is 10.2 Å². The number of benzene rings is 2. The first-order chi connectivity index (χ1) is 13.9. The van der Waals surface area contributed by atoms with Crippen molar-refractivity contribution in [3.05, 3.63) is 46.0 Å². The molecule has 3 aromatic rings. The number of hydrogen-bond acceptors (Lipinski definition) is 8. The number of nitrogens with one attached hydrogen (secondary N) is 1. The van der Waals surface area contributed by atoms with E-state index in [0.29, 0.717) is 28.4 Å². The highest BCUT2D eigenvalue weighted by Crippen LogP contribution is 2.40. The second-order valence-corrected chi connectivity index (χ2v) is 7.46. The Balaban J connectivity index is 1.80. The Labute approximate surface area is 166 Å². The largest absolute Gasteiger partial charge is 0.369 e. The minimum Gasteiger partial charge on any atom is -0.369 e. The Bertz CT molecular complexity index is 1080. The van der Waals surface area contributed by atoms with Gasteiger partial charge in [0.2, 0.25) is 5.52 Å². The van der Waals surface area contributed by atoms with Gasteiger partial charge in [-0.2, -0.15) is 0 Å². The number of carbonyl (C=O) groups excluding carboxylic acids is 1. The van der Waals surface area contributed by atoms with Gasteiger partial charge in [-0.25, -0.2) is 4.63 Å². The second kappa shape index (κ2) is 7.50. The monoisotopic (exact) mass is 395 g/mol. The molecule has 1 aliphatic rings. The Hall–Kier alpha value is -3.49. The van der Waals surface area contributed by atoms with Crippen LogP contribution in [0.25, 0.3) is 11.0 Å². The van der Waals surface area contributed by atoms with Crippen molar-refractivity contribution >= 4 is 39.6 Å². The van der Waals surface area contributed by atoms with Crippen LogP contribution in [0.3, 0.4) is 0 Å². The molecule has 0 spiro atoms. The number of hydrogen-bond donors (Lipinski definition) is 1. The molecule has 9 heteroatoms. The van der Waals surface area contributed by atoms with Crippen LogP contribution in [0.2, 0.25) is 0 Å². The summed E-state index contributed by atoms with van der Waals surface area (Å²) in [4.78, 5) is 25.0. The van der Waals surface area contributed by atoms with Crippen LogP contribution >= 0.6 is 0 Å². The highest BCUT2D eigenvalue weighted by molar-refractivity contribution is 6.00. The Kier molecular flexibility index (Phi) is 4.87. The Morgan fingerprint density at radius 1 is 1.28 bits per heavy atom. The topological polar surface area (TPSA) is 114 Å². The van der Waals surface area contributed by atoms with Gasteiger partial charge in [-0.05, 0) is 66.3 Å². The lowest BCUT2D eigenvalue weighted by Gasteiger charge is -2.32. The van der Waals surface area contributed by atoms with Gasteiger partial charge < -0.3 is 10.2 Å². The summed E-state index contributed by atoms with van der Waals surface area (Å²) < 4.78 is 4.86. The predicted octanol–water partition coefficient (Wildman–Crippen LogP) is 4.31. The van der Waals surface area contributed by atoms with Crippen molar-refractivity contribution in [1.82, 2.24) is 10.3 Å². The number of nitro benzene ring substituents is 1. The fourth-order valence-electron chi connectivity index (χ4n) is 3.79. The van der Waals surface area contributed by atoms with Crippen molar-refractivity contribution in [3.8, 4) is 0 Å². The third-order valence-electron chi connectivity index (χ3n) is 5.24. The molecule has 1 saturated heterocycles. The molecule has 0 unspecified atom stereocenters. The Morgan fingerprint density at radius 2 is 2.00 bits per heavy atom. The lowest BCUT2D eigenvalue weighted by atomic mass is 9.99. The summed E-state index contributed by atoms with van der Waals surface area (Å²) in [5, 5.41) is 22.7. The number of nitrogens with zero attached hydrogens (tertiary/aromatic N) is 4. The summed E-state index contributed by atoms with van der Waals surface area (Å²) in [7, 11) is 0. The molecular weight excluding hydrogens is 374 g/mol. The van der Waals surface area contributed by atoms with Gasteiger partial charge in [0.25, 0.3) is 0 Å². The van der Waals surface area contributed by atoms with Crippen LogP contribution in [0, 0.1) is 16.0 Å². The molecule has 1 aromatic heterocycles. The number of anilines is 3. The van der Waals surface area contributed by atoms with Crippen LogP contribution in [-0.2, 0) is 0 Å². The summed E-state index contributed by atoms with van der Waals surface area (Å²) in [6, 6.07) is 8.53. The van der Waals surface area contributed by atoms with E-state index in [4.69, 9.17) is 4.63 Å². The van der Waals surface area contributed by atoms with E-state index in [9.17, 15) is 14.9 Å². The molecule has 1 aliphatic heterocycles. The lowest BCUT2D eigenvalue weighted by molar-refractivity contribution is -0.382. The highest BCUT2D eigenvalue weighted by Gasteiger charge is 2.29. The van der Waals surface area contributed by atoms with Crippen LogP contribution in [0.5, 0.6) is 0 Å². The van der Waals surface area contributed by atoms with Gasteiger partial charge in [-0.15, -0.1) is 0 Å². The summed E-state index contributed by atoms with van der Waals surface area (Å²) in [6.45, 7) is 5.36. The normalized spacial score (nSPS) is 16.8. The molecule has 2 aromatic carbocycles. The quantitative estimate of drug-likeness (QED) is 0.386. The molecule has 9 nitrogen and oxygen atoms in total. The molecule has 0 aliphatic carbocycles.